The monoisotopic (exact) mass is 254 g/mol. The molecule has 3 nitrogen and oxygen atoms in total. The van der Waals surface area contributed by atoms with Crippen LogP contribution in [0.15, 0.2) is 34.8 Å². The van der Waals surface area contributed by atoms with E-state index < -0.39 is 12.3 Å². The van der Waals surface area contributed by atoms with Crippen LogP contribution in [-0.2, 0) is 9.53 Å². The quantitative estimate of drug-likeness (QED) is 0.777. The molecule has 1 N–H and O–H groups in total. The number of esters is 1. The number of ether oxygens (including phenoxy) is 1. The molecule has 0 radical (unpaired) electrons. The molecule has 1 aromatic carbocycles. The van der Waals surface area contributed by atoms with Gasteiger partial charge >= 0.3 is 5.97 Å². The van der Waals surface area contributed by atoms with Gasteiger partial charge in [-0.2, -0.15) is 0 Å². The molecule has 1 atom stereocenters. The fraction of sp³-hybridized carbons (Fsp3) is 0.100. The molecule has 1 aliphatic rings. The normalized spacial score (nSPS) is 20.6. The Hall–Kier alpha value is -1.13. The molecule has 1 unspecified atom stereocenters. The van der Waals surface area contributed by atoms with Crippen molar-refractivity contribution in [1.82, 2.24) is 0 Å². The molecule has 0 saturated heterocycles. The Bertz CT molecular complexity index is 412. The molecular weight excluding hydrogens is 248 g/mol. The van der Waals surface area contributed by atoms with Crippen LogP contribution in [0.1, 0.15) is 5.56 Å². The van der Waals surface area contributed by atoms with Crippen molar-refractivity contribution in [2.24, 2.45) is 0 Å². The van der Waals surface area contributed by atoms with Crippen LogP contribution in [0.4, 0.5) is 0 Å². The van der Waals surface area contributed by atoms with Crippen molar-refractivity contribution in [1.29, 1.82) is 0 Å². The highest BCUT2D eigenvalue weighted by Gasteiger charge is 2.24. The van der Waals surface area contributed by atoms with Gasteiger partial charge in [0.2, 0.25) is 6.29 Å². The first-order chi connectivity index (χ1) is 6.66. The largest absolute Gasteiger partial charge is 0.428 e. The molecule has 72 valence electrons. The lowest BCUT2D eigenvalue weighted by molar-refractivity contribution is -0.149. The average Bonchev–Trinajstić information content (AvgIpc) is 2.45. The zero-order valence-corrected chi connectivity index (χ0v) is 8.69. The number of carbonyl (C=O) groups is 1. The van der Waals surface area contributed by atoms with Gasteiger partial charge in [-0.3, -0.25) is 0 Å². The molecule has 0 aliphatic carbocycles. The standard InChI is InChI=1S/C10H7BrO3/c11-7-3-1-2-6(4-7)8-5-9(12)14-10(8)13/h1-5,9,12H. The second-order valence-electron chi connectivity index (χ2n) is 2.89. The lowest BCUT2D eigenvalue weighted by Gasteiger charge is -1.99. The van der Waals surface area contributed by atoms with Crippen LogP contribution in [0.3, 0.4) is 0 Å². The van der Waals surface area contributed by atoms with E-state index in [9.17, 15) is 4.79 Å². The maximum atomic E-state index is 11.2. The van der Waals surface area contributed by atoms with Gasteiger partial charge in [-0.1, -0.05) is 28.1 Å². The van der Waals surface area contributed by atoms with E-state index in [0.717, 1.165) is 10.0 Å². The van der Waals surface area contributed by atoms with Crippen molar-refractivity contribution in [3.8, 4) is 0 Å². The van der Waals surface area contributed by atoms with Gasteiger partial charge in [0.15, 0.2) is 0 Å². The van der Waals surface area contributed by atoms with Gasteiger partial charge in [-0.25, -0.2) is 4.79 Å². The molecule has 1 aromatic rings. The summed E-state index contributed by atoms with van der Waals surface area (Å²) in [5, 5.41) is 9.07. The zero-order valence-electron chi connectivity index (χ0n) is 7.11. The zero-order chi connectivity index (χ0) is 10.1. The predicted molar refractivity (Wildman–Crippen MR) is 54.2 cm³/mol. The minimum absolute atomic E-state index is 0.402. The number of aliphatic hydroxyl groups excluding tert-OH is 1. The van der Waals surface area contributed by atoms with Gasteiger partial charge in [0.25, 0.3) is 0 Å². The minimum Gasteiger partial charge on any atom is -0.428 e. The van der Waals surface area contributed by atoms with E-state index in [-0.39, 0.29) is 0 Å². The van der Waals surface area contributed by atoms with Crippen LogP contribution in [0.5, 0.6) is 0 Å². The predicted octanol–water partition coefficient (Wildman–Crippen LogP) is 1.71. The number of hydrogen-bond donors (Lipinski definition) is 1. The number of cyclic esters (lactones) is 1. The van der Waals surface area contributed by atoms with E-state index in [2.05, 4.69) is 20.7 Å². The van der Waals surface area contributed by atoms with Gasteiger partial charge in [0.1, 0.15) is 0 Å². The highest BCUT2D eigenvalue weighted by molar-refractivity contribution is 9.10. The van der Waals surface area contributed by atoms with E-state index in [0.29, 0.717) is 5.57 Å². The van der Waals surface area contributed by atoms with Crippen molar-refractivity contribution in [3.63, 3.8) is 0 Å². The summed E-state index contributed by atoms with van der Waals surface area (Å²) in [7, 11) is 0. The van der Waals surface area contributed by atoms with Crippen LogP contribution in [0.25, 0.3) is 5.57 Å². The molecular formula is C10H7BrO3. The third-order valence-corrected chi connectivity index (χ3v) is 2.39. The SMILES string of the molecule is O=C1OC(O)C=C1c1cccc(Br)c1. The molecule has 0 fully saturated rings. The smallest absolute Gasteiger partial charge is 0.341 e. The molecule has 0 aromatic heterocycles. The first kappa shape index (κ1) is 9.43. The van der Waals surface area contributed by atoms with E-state index in [1.165, 1.54) is 6.08 Å². The molecule has 1 aliphatic heterocycles. The molecule has 2 rings (SSSR count). The Morgan fingerprint density at radius 3 is 2.79 bits per heavy atom. The number of hydrogen-bond acceptors (Lipinski definition) is 3. The van der Waals surface area contributed by atoms with Crippen LogP contribution >= 0.6 is 15.9 Å². The van der Waals surface area contributed by atoms with E-state index in [1.54, 1.807) is 12.1 Å². The number of rotatable bonds is 1. The highest BCUT2D eigenvalue weighted by Crippen LogP contribution is 2.25. The molecule has 14 heavy (non-hydrogen) atoms. The van der Waals surface area contributed by atoms with Crippen molar-refractivity contribution in [2.45, 2.75) is 6.29 Å². The third-order valence-electron chi connectivity index (χ3n) is 1.89. The number of halogens is 1. The molecule has 0 bridgehead atoms. The van der Waals surface area contributed by atoms with Gasteiger partial charge in [0, 0.05) is 4.47 Å². The van der Waals surface area contributed by atoms with Crippen LogP contribution < -0.4 is 0 Å². The summed E-state index contributed by atoms with van der Waals surface area (Å²) in [5.74, 6) is -0.490. The van der Waals surface area contributed by atoms with Crippen molar-refractivity contribution in [3.05, 3.63) is 40.4 Å². The van der Waals surface area contributed by atoms with Crippen LogP contribution in [0.2, 0.25) is 0 Å². The summed E-state index contributed by atoms with van der Waals surface area (Å²) >= 11 is 3.30. The van der Waals surface area contributed by atoms with Crippen LogP contribution in [-0.4, -0.2) is 17.4 Å². The fourth-order valence-electron chi connectivity index (χ4n) is 1.29. The number of aliphatic hydroxyl groups is 1. The molecule has 0 saturated carbocycles. The van der Waals surface area contributed by atoms with Crippen molar-refractivity contribution < 1.29 is 14.6 Å². The van der Waals surface area contributed by atoms with E-state index in [4.69, 9.17) is 5.11 Å². The Balaban J connectivity index is 2.40. The fourth-order valence-corrected chi connectivity index (χ4v) is 1.69. The summed E-state index contributed by atoms with van der Waals surface area (Å²) in [6.45, 7) is 0. The average molecular weight is 255 g/mol. The molecule has 1 heterocycles. The van der Waals surface area contributed by atoms with E-state index >= 15 is 0 Å². The van der Waals surface area contributed by atoms with Gasteiger partial charge in [0.05, 0.1) is 5.57 Å². The Labute approximate surface area is 89.1 Å². The summed E-state index contributed by atoms with van der Waals surface area (Å²) in [4.78, 5) is 11.2. The second kappa shape index (κ2) is 3.55. The first-order valence-corrected chi connectivity index (χ1v) is 4.83. The van der Waals surface area contributed by atoms with Crippen molar-refractivity contribution in [2.75, 3.05) is 0 Å². The second-order valence-corrected chi connectivity index (χ2v) is 3.80. The topological polar surface area (TPSA) is 46.5 Å². The third kappa shape index (κ3) is 1.71. The number of carbonyl (C=O) groups excluding carboxylic acids is 1. The maximum absolute atomic E-state index is 11.2. The lowest BCUT2D eigenvalue weighted by Crippen LogP contribution is -2.05. The van der Waals surface area contributed by atoms with Crippen molar-refractivity contribution >= 4 is 27.5 Å². The molecule has 4 heteroatoms. The van der Waals surface area contributed by atoms with Crippen LogP contribution in [0, 0.1) is 0 Å². The minimum atomic E-state index is -1.11. The Morgan fingerprint density at radius 2 is 2.21 bits per heavy atom. The molecule has 0 spiro atoms. The number of benzene rings is 1. The summed E-state index contributed by atoms with van der Waals surface area (Å²) < 4.78 is 5.46. The Kier molecular flexibility index (Phi) is 2.39. The highest BCUT2D eigenvalue weighted by atomic mass is 79.9. The lowest BCUT2D eigenvalue weighted by atomic mass is 10.1. The van der Waals surface area contributed by atoms with Gasteiger partial charge in [-0.15, -0.1) is 0 Å². The summed E-state index contributed by atoms with van der Waals surface area (Å²) in [6.07, 6.45) is 0.279. The maximum Gasteiger partial charge on any atom is 0.341 e. The summed E-state index contributed by atoms with van der Waals surface area (Å²) in [6, 6.07) is 7.26. The Morgan fingerprint density at radius 1 is 1.43 bits per heavy atom. The van der Waals surface area contributed by atoms with Gasteiger partial charge < -0.3 is 9.84 Å². The molecule has 0 amide bonds. The summed E-state index contributed by atoms with van der Waals surface area (Å²) in [5.41, 5.74) is 1.14. The van der Waals surface area contributed by atoms with Gasteiger partial charge in [-0.05, 0) is 23.8 Å². The van der Waals surface area contributed by atoms with E-state index in [1.807, 2.05) is 12.1 Å². The first-order valence-electron chi connectivity index (χ1n) is 4.03.